The number of ether oxygens (including phenoxy) is 2. The van der Waals surface area contributed by atoms with E-state index in [0.29, 0.717) is 18.0 Å². The third-order valence-electron chi connectivity index (χ3n) is 3.21. The first-order chi connectivity index (χ1) is 11.0. The van der Waals surface area contributed by atoms with Crippen LogP contribution in [0.5, 0.6) is 5.75 Å². The van der Waals surface area contributed by atoms with Crippen LogP contribution in [0.25, 0.3) is 0 Å². The number of carbonyl (C=O) groups is 2. The second-order valence-corrected chi connectivity index (χ2v) is 5.27. The number of amides is 1. The van der Waals surface area contributed by atoms with Gasteiger partial charge in [-0.1, -0.05) is 18.2 Å². The topological polar surface area (TPSA) is 67.9 Å². The minimum atomic E-state index is -0.390. The fourth-order valence-electron chi connectivity index (χ4n) is 2.15. The summed E-state index contributed by atoms with van der Waals surface area (Å²) in [6.45, 7) is 4.06. The zero-order valence-corrected chi connectivity index (χ0v) is 13.5. The van der Waals surface area contributed by atoms with Crippen LogP contribution in [0.2, 0.25) is 0 Å². The molecule has 0 unspecified atom stereocenters. The number of nitrogens with one attached hydrogen (secondary N) is 1. The Morgan fingerprint density at radius 2 is 1.87 bits per heavy atom. The van der Waals surface area contributed by atoms with E-state index in [1.165, 1.54) is 7.11 Å². The van der Waals surface area contributed by atoms with Crippen LogP contribution in [-0.2, 0) is 14.3 Å². The normalized spacial score (nSPS) is 12.7. The molecule has 0 atom stereocenters. The monoisotopic (exact) mass is 316 g/mol. The highest BCUT2D eigenvalue weighted by molar-refractivity contribution is 5.89. The third-order valence-corrected chi connectivity index (χ3v) is 3.21. The van der Waals surface area contributed by atoms with Crippen molar-refractivity contribution < 1.29 is 19.1 Å². The molecule has 1 N–H and O–H groups in total. The summed E-state index contributed by atoms with van der Waals surface area (Å²) in [5, 5.41) is 2.75. The number of hydrogen-bond acceptors (Lipinski definition) is 5. The van der Waals surface area contributed by atoms with Crippen LogP contribution in [0.3, 0.4) is 0 Å². The van der Waals surface area contributed by atoms with E-state index in [-0.39, 0.29) is 18.5 Å². The van der Waals surface area contributed by atoms with Crippen molar-refractivity contribution >= 4 is 11.9 Å². The number of methoxy groups -OCH3 is 1. The van der Waals surface area contributed by atoms with Gasteiger partial charge < -0.3 is 19.7 Å². The minimum Gasteiger partial charge on any atom is -0.484 e. The van der Waals surface area contributed by atoms with Crippen LogP contribution < -0.4 is 10.1 Å². The van der Waals surface area contributed by atoms with Crippen molar-refractivity contribution in [3.63, 3.8) is 0 Å². The number of allylic oxidation sites excluding steroid dienone is 1. The van der Waals surface area contributed by atoms with Gasteiger partial charge in [-0.05, 0) is 31.6 Å². The Morgan fingerprint density at radius 3 is 2.43 bits per heavy atom. The maximum atomic E-state index is 11.8. The molecule has 6 nitrogen and oxygen atoms in total. The number of hydrogen-bond donors (Lipinski definition) is 1. The van der Waals surface area contributed by atoms with Gasteiger partial charge in [0, 0.05) is 6.20 Å². The summed E-state index contributed by atoms with van der Waals surface area (Å²) < 4.78 is 10.1. The van der Waals surface area contributed by atoms with E-state index in [0.717, 1.165) is 11.3 Å². The van der Waals surface area contributed by atoms with Crippen LogP contribution in [0.1, 0.15) is 13.8 Å². The van der Waals surface area contributed by atoms with Crippen LogP contribution in [0.15, 0.2) is 53.5 Å². The van der Waals surface area contributed by atoms with Gasteiger partial charge in [-0.2, -0.15) is 0 Å². The van der Waals surface area contributed by atoms with Crippen molar-refractivity contribution in [1.82, 2.24) is 10.2 Å². The standard InChI is InChI=1S/C17H20N2O4/c1-12(2)16(17(21)22-3)19-9-13(10-19)18-15(20)11-23-14-7-5-4-6-8-14/h4-9H,10-11H2,1-3H3,(H,18,20). The van der Waals surface area contributed by atoms with E-state index in [9.17, 15) is 9.59 Å². The number of rotatable bonds is 6. The lowest BCUT2D eigenvalue weighted by Crippen LogP contribution is -2.42. The molecule has 0 spiro atoms. The minimum absolute atomic E-state index is 0.0616. The van der Waals surface area contributed by atoms with Gasteiger partial charge in [0.05, 0.1) is 19.4 Å². The summed E-state index contributed by atoms with van der Waals surface area (Å²) in [4.78, 5) is 25.3. The SMILES string of the molecule is COC(=O)C(=C(C)C)N1C=C(NC(=O)COc2ccccc2)C1. The zero-order chi connectivity index (χ0) is 16.8. The van der Waals surface area contributed by atoms with Gasteiger partial charge in [-0.15, -0.1) is 0 Å². The van der Waals surface area contributed by atoms with Crippen molar-refractivity contribution in [2.24, 2.45) is 0 Å². The lowest BCUT2D eigenvalue weighted by molar-refractivity contribution is -0.137. The third kappa shape index (κ3) is 4.35. The maximum Gasteiger partial charge on any atom is 0.354 e. The Hall–Kier alpha value is -2.76. The molecule has 1 amide bonds. The maximum absolute atomic E-state index is 11.8. The summed E-state index contributed by atoms with van der Waals surface area (Å²) in [5.74, 6) is 0.0139. The Balaban J connectivity index is 1.85. The zero-order valence-electron chi connectivity index (χ0n) is 13.5. The fraction of sp³-hybridized carbons (Fsp3) is 0.294. The number of benzene rings is 1. The first kappa shape index (κ1) is 16.6. The number of para-hydroxylation sites is 1. The van der Waals surface area contributed by atoms with E-state index < -0.39 is 0 Å². The van der Waals surface area contributed by atoms with Crippen LogP contribution in [0, 0.1) is 0 Å². The van der Waals surface area contributed by atoms with Crippen LogP contribution in [-0.4, -0.2) is 37.0 Å². The van der Waals surface area contributed by atoms with E-state index in [2.05, 4.69) is 5.32 Å². The molecule has 0 saturated carbocycles. The molecule has 1 aromatic carbocycles. The highest BCUT2D eigenvalue weighted by atomic mass is 16.5. The van der Waals surface area contributed by atoms with Crippen molar-refractivity contribution in [3.8, 4) is 5.75 Å². The molecule has 1 aliphatic rings. The Labute approximate surface area is 135 Å². The average Bonchev–Trinajstić information content (AvgIpc) is 2.51. The first-order valence-electron chi connectivity index (χ1n) is 7.22. The van der Waals surface area contributed by atoms with Crippen molar-refractivity contribution in [1.29, 1.82) is 0 Å². The van der Waals surface area contributed by atoms with Crippen molar-refractivity contribution in [3.05, 3.63) is 53.5 Å². The van der Waals surface area contributed by atoms with Crippen molar-refractivity contribution in [2.45, 2.75) is 13.8 Å². The summed E-state index contributed by atoms with van der Waals surface area (Å²) in [6, 6.07) is 9.13. The smallest absolute Gasteiger partial charge is 0.354 e. The Bertz CT molecular complexity index is 646. The molecule has 0 aromatic heterocycles. The molecule has 0 radical (unpaired) electrons. The molecule has 0 aliphatic carbocycles. The van der Waals surface area contributed by atoms with Gasteiger partial charge in [-0.3, -0.25) is 4.79 Å². The molecule has 0 saturated heterocycles. The number of carbonyl (C=O) groups excluding carboxylic acids is 2. The molecule has 23 heavy (non-hydrogen) atoms. The highest BCUT2D eigenvalue weighted by Crippen LogP contribution is 2.21. The van der Waals surface area contributed by atoms with E-state index in [1.807, 2.05) is 32.0 Å². The lowest BCUT2D eigenvalue weighted by Gasteiger charge is -2.32. The second-order valence-electron chi connectivity index (χ2n) is 5.27. The van der Waals surface area contributed by atoms with Gasteiger partial charge in [-0.25, -0.2) is 4.79 Å². The summed E-state index contributed by atoms with van der Waals surface area (Å²) in [7, 11) is 1.35. The second kappa shape index (κ2) is 7.49. The molecule has 1 heterocycles. The molecule has 1 aromatic rings. The van der Waals surface area contributed by atoms with Gasteiger partial charge >= 0.3 is 5.97 Å². The van der Waals surface area contributed by atoms with Crippen LogP contribution in [0.4, 0.5) is 0 Å². The molecule has 2 rings (SSSR count). The van der Waals surface area contributed by atoms with Gasteiger partial charge in [0.2, 0.25) is 0 Å². The Kier molecular flexibility index (Phi) is 5.41. The lowest BCUT2D eigenvalue weighted by atomic mass is 10.1. The van der Waals surface area contributed by atoms with Gasteiger partial charge in [0.1, 0.15) is 11.4 Å². The van der Waals surface area contributed by atoms with Gasteiger partial charge in [0.15, 0.2) is 6.61 Å². The predicted molar refractivity (Wildman–Crippen MR) is 85.3 cm³/mol. The largest absolute Gasteiger partial charge is 0.484 e. The van der Waals surface area contributed by atoms with Crippen LogP contribution >= 0.6 is 0 Å². The van der Waals surface area contributed by atoms with E-state index >= 15 is 0 Å². The molecule has 0 fully saturated rings. The molecular weight excluding hydrogens is 296 g/mol. The summed E-state index contributed by atoms with van der Waals surface area (Å²) in [6.07, 6.45) is 1.71. The average molecular weight is 316 g/mol. The molecule has 0 bridgehead atoms. The fourth-order valence-corrected chi connectivity index (χ4v) is 2.15. The van der Waals surface area contributed by atoms with Crippen molar-refractivity contribution in [2.75, 3.05) is 20.3 Å². The molecule has 6 heteroatoms. The first-order valence-corrected chi connectivity index (χ1v) is 7.22. The Morgan fingerprint density at radius 1 is 1.22 bits per heavy atom. The highest BCUT2D eigenvalue weighted by Gasteiger charge is 2.26. The number of esters is 1. The van der Waals surface area contributed by atoms with Gasteiger partial charge in [0.25, 0.3) is 5.91 Å². The molecule has 1 aliphatic heterocycles. The van der Waals surface area contributed by atoms with E-state index in [4.69, 9.17) is 9.47 Å². The molecule has 122 valence electrons. The quantitative estimate of drug-likeness (QED) is 0.640. The summed E-state index contributed by atoms with van der Waals surface area (Å²) >= 11 is 0. The van der Waals surface area contributed by atoms with E-state index in [1.54, 1.807) is 23.2 Å². The predicted octanol–water partition coefficient (Wildman–Crippen LogP) is 1.81. The summed E-state index contributed by atoms with van der Waals surface area (Å²) in [5.41, 5.74) is 2.08. The number of nitrogens with zero attached hydrogens (tertiary/aromatic N) is 1. The molecular formula is C17H20N2O4.